The van der Waals surface area contributed by atoms with Crippen molar-refractivity contribution >= 4 is 16.9 Å². The normalized spacial score (nSPS) is 24.1. The summed E-state index contributed by atoms with van der Waals surface area (Å²) in [6.45, 7) is 5.44. The number of aryl methyl sites for hydroxylation is 1. The van der Waals surface area contributed by atoms with Crippen molar-refractivity contribution in [2.75, 3.05) is 6.54 Å². The Labute approximate surface area is 164 Å². The fourth-order valence-corrected chi connectivity index (χ4v) is 5.18. The van der Waals surface area contributed by atoms with Crippen LogP contribution in [0.1, 0.15) is 36.0 Å². The number of thioether (sulfide) groups is 1. The number of hydrogen-bond donors (Lipinski definition) is 0. The van der Waals surface area contributed by atoms with Crippen molar-refractivity contribution in [2.45, 2.75) is 31.2 Å². The van der Waals surface area contributed by atoms with Gasteiger partial charge >= 0.3 is 0 Å². The number of rotatable bonds is 3. The number of aromatic nitrogens is 2. The Hall–Kier alpha value is -2.53. The molecule has 5 heteroatoms. The number of fused-ring (bicyclic) bond motifs is 1. The van der Waals surface area contributed by atoms with Gasteiger partial charge in [-0.05, 0) is 48.9 Å². The average Bonchev–Trinajstić information content (AvgIpc) is 3.36. The highest BCUT2D eigenvalue weighted by Crippen LogP contribution is 2.47. The van der Waals surface area contributed by atoms with Crippen LogP contribution in [0.5, 0.6) is 0 Å². The molecule has 2 aromatic heterocycles. The molecule has 0 radical (unpaired) electrons. The van der Waals surface area contributed by atoms with Crippen molar-refractivity contribution in [3.8, 4) is 5.69 Å². The maximum absolute atomic E-state index is 5.09. The Kier molecular flexibility index (Phi) is 4.05. The summed E-state index contributed by atoms with van der Waals surface area (Å²) in [5.74, 6) is 0. The number of nitrogens with zero attached hydrogens (tertiary/aromatic N) is 4. The molecule has 1 saturated heterocycles. The predicted molar refractivity (Wildman–Crippen MR) is 111 cm³/mol. The van der Waals surface area contributed by atoms with E-state index in [1.165, 1.54) is 16.9 Å². The quantitative estimate of drug-likeness (QED) is 0.662. The van der Waals surface area contributed by atoms with Crippen LogP contribution in [0.3, 0.4) is 0 Å². The van der Waals surface area contributed by atoms with Crippen molar-refractivity contribution in [3.05, 3.63) is 83.9 Å². The van der Waals surface area contributed by atoms with E-state index in [1.54, 1.807) is 0 Å². The minimum absolute atomic E-state index is 0.0275. The molecule has 0 spiro atoms. The lowest BCUT2D eigenvalue weighted by Crippen LogP contribution is -2.30. The summed E-state index contributed by atoms with van der Waals surface area (Å²) in [5, 5.41) is 1.72. The highest BCUT2D eigenvalue weighted by molar-refractivity contribution is 8.14. The largest absolute Gasteiger partial charge is 0.339 e. The van der Waals surface area contributed by atoms with E-state index in [0.717, 1.165) is 17.4 Å². The SMILES string of the molecule is Cc1cccc(-n2cccc2[C@@H]2[C@H](c3ccccn3)N=C3S[C@H](C)CN32)c1. The van der Waals surface area contributed by atoms with Crippen LogP contribution in [-0.2, 0) is 0 Å². The Morgan fingerprint density at radius 1 is 1.07 bits per heavy atom. The summed E-state index contributed by atoms with van der Waals surface area (Å²) in [4.78, 5) is 12.2. The molecular weight excluding hydrogens is 352 g/mol. The third kappa shape index (κ3) is 2.86. The number of aliphatic imine (C=N–C) groups is 1. The first kappa shape index (κ1) is 16.6. The average molecular weight is 375 g/mol. The van der Waals surface area contributed by atoms with Gasteiger partial charge in [0.15, 0.2) is 5.17 Å². The van der Waals surface area contributed by atoms with E-state index >= 15 is 0 Å². The molecule has 0 bridgehead atoms. The second kappa shape index (κ2) is 6.57. The lowest BCUT2D eigenvalue weighted by atomic mass is 10.0. The zero-order valence-electron chi connectivity index (χ0n) is 15.5. The number of pyridine rings is 1. The highest BCUT2D eigenvalue weighted by atomic mass is 32.2. The Balaban J connectivity index is 1.62. The highest BCUT2D eigenvalue weighted by Gasteiger charge is 2.44. The zero-order valence-corrected chi connectivity index (χ0v) is 16.3. The predicted octanol–water partition coefficient (Wildman–Crippen LogP) is 4.77. The molecule has 0 aliphatic carbocycles. The zero-order chi connectivity index (χ0) is 18.4. The summed E-state index contributed by atoms with van der Waals surface area (Å²) in [6.07, 6.45) is 4.02. The van der Waals surface area contributed by atoms with Gasteiger partial charge in [0.2, 0.25) is 0 Å². The molecule has 0 saturated carbocycles. The van der Waals surface area contributed by atoms with E-state index in [4.69, 9.17) is 4.99 Å². The molecule has 0 N–H and O–H groups in total. The number of benzene rings is 1. The third-order valence-corrected chi connectivity index (χ3v) is 6.35. The van der Waals surface area contributed by atoms with E-state index in [0.29, 0.717) is 5.25 Å². The van der Waals surface area contributed by atoms with Crippen LogP contribution in [-0.4, -0.2) is 31.4 Å². The van der Waals surface area contributed by atoms with E-state index in [1.807, 2.05) is 24.0 Å². The summed E-state index contributed by atoms with van der Waals surface area (Å²) in [6, 6.07) is 19.3. The van der Waals surface area contributed by atoms with Gasteiger partial charge < -0.3 is 9.47 Å². The van der Waals surface area contributed by atoms with Crippen molar-refractivity contribution in [1.82, 2.24) is 14.5 Å². The first-order valence-corrected chi connectivity index (χ1v) is 10.2. The topological polar surface area (TPSA) is 33.4 Å². The summed E-state index contributed by atoms with van der Waals surface area (Å²) in [7, 11) is 0. The van der Waals surface area contributed by atoms with E-state index in [9.17, 15) is 0 Å². The first-order chi connectivity index (χ1) is 13.2. The van der Waals surface area contributed by atoms with Gasteiger partial charge in [0.1, 0.15) is 6.04 Å². The van der Waals surface area contributed by atoms with Crippen LogP contribution in [0.15, 0.2) is 72.0 Å². The van der Waals surface area contributed by atoms with Crippen LogP contribution in [0.25, 0.3) is 5.69 Å². The summed E-state index contributed by atoms with van der Waals surface area (Å²) >= 11 is 1.88. The van der Waals surface area contributed by atoms with Gasteiger partial charge in [0.05, 0.1) is 11.7 Å². The maximum Gasteiger partial charge on any atom is 0.160 e. The number of hydrogen-bond acceptors (Lipinski definition) is 4. The molecule has 3 aromatic rings. The fraction of sp³-hybridized carbons (Fsp3) is 0.273. The second-order valence-corrected chi connectivity index (χ2v) is 8.68. The van der Waals surface area contributed by atoms with Crippen LogP contribution < -0.4 is 0 Å². The molecule has 2 aliphatic heterocycles. The van der Waals surface area contributed by atoms with Crippen LogP contribution >= 0.6 is 11.8 Å². The molecule has 27 heavy (non-hydrogen) atoms. The van der Waals surface area contributed by atoms with E-state index in [-0.39, 0.29) is 12.1 Å². The monoisotopic (exact) mass is 374 g/mol. The van der Waals surface area contributed by atoms with Gasteiger partial charge in [-0.3, -0.25) is 9.98 Å². The minimum Gasteiger partial charge on any atom is -0.339 e. The molecule has 4 heterocycles. The minimum atomic E-state index is 0.0275. The Bertz CT molecular complexity index is 994. The van der Waals surface area contributed by atoms with Crippen molar-refractivity contribution in [3.63, 3.8) is 0 Å². The molecule has 5 rings (SSSR count). The van der Waals surface area contributed by atoms with Crippen LogP contribution in [0.4, 0.5) is 0 Å². The molecule has 4 nitrogen and oxygen atoms in total. The fourth-order valence-electron chi connectivity index (χ4n) is 4.09. The third-order valence-electron chi connectivity index (χ3n) is 5.24. The number of amidine groups is 1. The lowest BCUT2D eigenvalue weighted by molar-refractivity contribution is 0.312. The van der Waals surface area contributed by atoms with Gasteiger partial charge in [-0.2, -0.15) is 0 Å². The van der Waals surface area contributed by atoms with Crippen LogP contribution in [0, 0.1) is 6.92 Å². The molecule has 2 aliphatic rings. The summed E-state index contributed by atoms with van der Waals surface area (Å²) in [5.41, 5.74) is 4.77. The summed E-state index contributed by atoms with van der Waals surface area (Å²) < 4.78 is 2.31. The molecule has 1 fully saturated rings. The molecule has 3 atom stereocenters. The molecule has 0 amide bonds. The molecule has 0 unspecified atom stereocenters. The van der Waals surface area contributed by atoms with Gasteiger partial charge in [-0.25, -0.2) is 0 Å². The second-order valence-electron chi connectivity index (χ2n) is 7.28. The van der Waals surface area contributed by atoms with Crippen molar-refractivity contribution < 1.29 is 0 Å². The van der Waals surface area contributed by atoms with Crippen molar-refractivity contribution in [2.24, 2.45) is 4.99 Å². The smallest absolute Gasteiger partial charge is 0.160 e. The van der Waals surface area contributed by atoms with Gasteiger partial charge in [0.25, 0.3) is 0 Å². The van der Waals surface area contributed by atoms with E-state index < -0.39 is 0 Å². The van der Waals surface area contributed by atoms with E-state index in [2.05, 4.69) is 83.0 Å². The van der Waals surface area contributed by atoms with Gasteiger partial charge in [-0.1, -0.05) is 36.9 Å². The molecular formula is C22H22N4S. The molecule has 136 valence electrons. The maximum atomic E-state index is 5.09. The van der Waals surface area contributed by atoms with Crippen LogP contribution in [0.2, 0.25) is 0 Å². The standard InChI is InChI=1S/C22H22N4S/c1-15-7-5-8-17(13-15)25-12-6-10-19(25)21-20(18-9-3-4-11-23-18)24-22-26(21)14-16(2)27-22/h3-13,16,20-21H,14H2,1-2H3/t16-,20+,21-/m1/s1. The van der Waals surface area contributed by atoms with Gasteiger partial charge in [0, 0.05) is 35.6 Å². The van der Waals surface area contributed by atoms with Gasteiger partial charge in [-0.15, -0.1) is 0 Å². The lowest BCUT2D eigenvalue weighted by Gasteiger charge is -2.28. The Morgan fingerprint density at radius 2 is 2.00 bits per heavy atom. The first-order valence-electron chi connectivity index (χ1n) is 9.37. The Morgan fingerprint density at radius 3 is 2.81 bits per heavy atom. The molecule has 1 aromatic carbocycles. The van der Waals surface area contributed by atoms with Crippen molar-refractivity contribution in [1.29, 1.82) is 0 Å².